The number of hydrogen-bond donors (Lipinski definition) is 0. The SMILES string of the molecule is c1cncc(-c2ccccc2-c2ccc(Cn3cncn3)cc2)c1. The number of rotatable bonds is 4. The Balaban J connectivity index is 1.67. The van der Waals surface area contributed by atoms with E-state index in [2.05, 4.69) is 69.7 Å². The van der Waals surface area contributed by atoms with Crippen molar-refractivity contribution in [1.82, 2.24) is 19.7 Å². The number of aromatic nitrogens is 4. The molecule has 116 valence electrons. The normalized spacial score (nSPS) is 10.7. The average Bonchev–Trinajstić information content (AvgIpc) is 3.16. The van der Waals surface area contributed by atoms with Gasteiger partial charge in [0.05, 0.1) is 6.54 Å². The minimum Gasteiger partial charge on any atom is -0.264 e. The highest BCUT2D eigenvalue weighted by Gasteiger charge is 2.07. The summed E-state index contributed by atoms with van der Waals surface area (Å²) in [6.07, 6.45) is 6.98. The zero-order valence-electron chi connectivity index (χ0n) is 13.1. The van der Waals surface area contributed by atoms with Gasteiger partial charge in [-0.2, -0.15) is 5.10 Å². The molecule has 0 aliphatic heterocycles. The van der Waals surface area contributed by atoms with E-state index >= 15 is 0 Å². The highest BCUT2D eigenvalue weighted by atomic mass is 15.3. The summed E-state index contributed by atoms with van der Waals surface area (Å²) in [5.41, 5.74) is 5.91. The highest BCUT2D eigenvalue weighted by molar-refractivity contribution is 5.83. The topological polar surface area (TPSA) is 43.6 Å². The summed E-state index contributed by atoms with van der Waals surface area (Å²) in [5.74, 6) is 0. The Morgan fingerprint density at radius 2 is 1.54 bits per heavy atom. The van der Waals surface area contributed by atoms with E-state index in [9.17, 15) is 0 Å². The predicted octanol–water partition coefficient (Wildman–Crippen LogP) is 4.06. The molecule has 0 N–H and O–H groups in total. The van der Waals surface area contributed by atoms with Gasteiger partial charge >= 0.3 is 0 Å². The van der Waals surface area contributed by atoms with Crippen molar-refractivity contribution in [3.05, 3.63) is 91.3 Å². The van der Waals surface area contributed by atoms with Crippen molar-refractivity contribution in [2.75, 3.05) is 0 Å². The van der Waals surface area contributed by atoms with Gasteiger partial charge in [-0.15, -0.1) is 0 Å². The molecule has 4 nitrogen and oxygen atoms in total. The molecule has 0 fully saturated rings. The van der Waals surface area contributed by atoms with E-state index in [-0.39, 0.29) is 0 Å². The Morgan fingerprint density at radius 1 is 0.750 bits per heavy atom. The van der Waals surface area contributed by atoms with Gasteiger partial charge in [0.1, 0.15) is 12.7 Å². The van der Waals surface area contributed by atoms with Crippen LogP contribution in [0.1, 0.15) is 5.56 Å². The van der Waals surface area contributed by atoms with Gasteiger partial charge in [0, 0.05) is 18.0 Å². The molecule has 0 aliphatic rings. The van der Waals surface area contributed by atoms with E-state index in [4.69, 9.17) is 0 Å². The molecular weight excluding hydrogens is 296 g/mol. The molecule has 0 saturated carbocycles. The lowest BCUT2D eigenvalue weighted by atomic mass is 9.95. The van der Waals surface area contributed by atoms with Gasteiger partial charge in [0.25, 0.3) is 0 Å². The van der Waals surface area contributed by atoms with Crippen molar-refractivity contribution >= 4 is 0 Å². The Hall–Kier alpha value is -3.27. The maximum absolute atomic E-state index is 4.24. The van der Waals surface area contributed by atoms with E-state index in [0.717, 1.165) is 12.1 Å². The van der Waals surface area contributed by atoms with Crippen LogP contribution in [0.3, 0.4) is 0 Å². The molecule has 2 aromatic carbocycles. The maximum Gasteiger partial charge on any atom is 0.137 e. The van der Waals surface area contributed by atoms with Gasteiger partial charge in [-0.3, -0.25) is 4.98 Å². The minimum absolute atomic E-state index is 0.727. The van der Waals surface area contributed by atoms with Crippen molar-refractivity contribution in [2.24, 2.45) is 0 Å². The van der Waals surface area contributed by atoms with E-state index in [1.807, 2.05) is 16.9 Å². The second-order valence-electron chi connectivity index (χ2n) is 5.58. The van der Waals surface area contributed by atoms with E-state index in [1.54, 1.807) is 18.9 Å². The summed E-state index contributed by atoms with van der Waals surface area (Å²) < 4.78 is 1.82. The fraction of sp³-hybridized carbons (Fsp3) is 0.0500. The summed E-state index contributed by atoms with van der Waals surface area (Å²) in [5, 5.41) is 4.14. The zero-order valence-corrected chi connectivity index (χ0v) is 13.1. The monoisotopic (exact) mass is 312 g/mol. The van der Waals surface area contributed by atoms with Crippen molar-refractivity contribution in [3.63, 3.8) is 0 Å². The maximum atomic E-state index is 4.24. The molecule has 0 radical (unpaired) electrons. The summed E-state index contributed by atoms with van der Waals surface area (Å²) in [7, 11) is 0. The van der Waals surface area contributed by atoms with Gasteiger partial charge in [0.2, 0.25) is 0 Å². The van der Waals surface area contributed by atoms with E-state index in [1.165, 1.54) is 22.3 Å². The van der Waals surface area contributed by atoms with Crippen molar-refractivity contribution in [2.45, 2.75) is 6.54 Å². The first kappa shape index (κ1) is 14.3. The van der Waals surface area contributed by atoms with Crippen molar-refractivity contribution < 1.29 is 0 Å². The molecule has 0 unspecified atom stereocenters. The summed E-state index contributed by atoms with van der Waals surface area (Å²) in [6, 6.07) is 21.0. The van der Waals surface area contributed by atoms with Crippen LogP contribution in [0.2, 0.25) is 0 Å². The van der Waals surface area contributed by atoms with Gasteiger partial charge in [-0.05, 0) is 28.3 Å². The molecule has 4 heteroatoms. The third-order valence-electron chi connectivity index (χ3n) is 3.98. The molecule has 4 aromatic rings. The van der Waals surface area contributed by atoms with Gasteiger partial charge in [-0.1, -0.05) is 54.6 Å². The Bertz CT molecular complexity index is 914. The summed E-state index contributed by atoms with van der Waals surface area (Å²) in [4.78, 5) is 8.21. The molecular formula is C20H16N4. The molecule has 4 rings (SSSR count). The first-order chi connectivity index (χ1) is 11.9. The number of benzene rings is 2. The largest absolute Gasteiger partial charge is 0.264 e. The van der Waals surface area contributed by atoms with Crippen molar-refractivity contribution in [1.29, 1.82) is 0 Å². The highest BCUT2D eigenvalue weighted by Crippen LogP contribution is 2.31. The Morgan fingerprint density at radius 3 is 2.21 bits per heavy atom. The molecule has 2 heterocycles. The fourth-order valence-electron chi connectivity index (χ4n) is 2.80. The molecule has 0 aliphatic carbocycles. The number of nitrogens with zero attached hydrogens (tertiary/aromatic N) is 4. The lowest BCUT2D eigenvalue weighted by molar-refractivity contribution is 0.685. The molecule has 0 bridgehead atoms. The zero-order chi connectivity index (χ0) is 16.2. The Labute approximate surface area is 140 Å². The fourth-order valence-corrected chi connectivity index (χ4v) is 2.80. The van der Waals surface area contributed by atoms with Gasteiger partial charge in [0.15, 0.2) is 0 Å². The third kappa shape index (κ3) is 2.94. The van der Waals surface area contributed by atoms with Crippen molar-refractivity contribution in [3.8, 4) is 22.3 Å². The predicted molar refractivity (Wildman–Crippen MR) is 94.2 cm³/mol. The summed E-state index contributed by atoms with van der Waals surface area (Å²) >= 11 is 0. The van der Waals surface area contributed by atoms with Crippen LogP contribution in [0.25, 0.3) is 22.3 Å². The standard InChI is InChI=1S/C20H16N4/c1-2-6-20(18-4-3-11-21-12-18)19(5-1)17-9-7-16(8-10-17)13-24-15-22-14-23-24/h1-12,14-15H,13H2. The minimum atomic E-state index is 0.727. The quantitative estimate of drug-likeness (QED) is 0.571. The van der Waals surface area contributed by atoms with E-state index < -0.39 is 0 Å². The molecule has 0 spiro atoms. The van der Waals surface area contributed by atoms with Crippen LogP contribution < -0.4 is 0 Å². The number of pyridine rings is 1. The van der Waals surface area contributed by atoms with E-state index in [0.29, 0.717) is 0 Å². The van der Waals surface area contributed by atoms with Crippen LogP contribution in [0.4, 0.5) is 0 Å². The molecule has 0 saturated heterocycles. The summed E-state index contributed by atoms with van der Waals surface area (Å²) in [6.45, 7) is 0.727. The Kier molecular flexibility index (Phi) is 3.86. The van der Waals surface area contributed by atoms with Crippen LogP contribution in [0.15, 0.2) is 85.7 Å². The second-order valence-corrected chi connectivity index (χ2v) is 5.58. The molecule has 24 heavy (non-hydrogen) atoms. The van der Waals surface area contributed by atoms with Crippen LogP contribution in [-0.4, -0.2) is 19.7 Å². The number of hydrogen-bond acceptors (Lipinski definition) is 3. The van der Waals surface area contributed by atoms with Gasteiger partial charge < -0.3 is 0 Å². The molecule has 0 amide bonds. The first-order valence-electron chi connectivity index (χ1n) is 7.81. The average molecular weight is 312 g/mol. The lowest BCUT2D eigenvalue weighted by Gasteiger charge is -2.10. The van der Waals surface area contributed by atoms with Crippen LogP contribution in [-0.2, 0) is 6.54 Å². The van der Waals surface area contributed by atoms with Crippen LogP contribution in [0.5, 0.6) is 0 Å². The van der Waals surface area contributed by atoms with Gasteiger partial charge in [-0.25, -0.2) is 9.67 Å². The van der Waals surface area contributed by atoms with Crippen LogP contribution >= 0.6 is 0 Å². The third-order valence-corrected chi connectivity index (χ3v) is 3.98. The molecule has 2 aromatic heterocycles. The lowest BCUT2D eigenvalue weighted by Crippen LogP contribution is -1.99. The first-order valence-corrected chi connectivity index (χ1v) is 7.81. The second kappa shape index (κ2) is 6.46. The molecule has 0 atom stereocenters. The van der Waals surface area contributed by atoms with Crippen LogP contribution in [0, 0.1) is 0 Å². The smallest absolute Gasteiger partial charge is 0.137 e.